The summed E-state index contributed by atoms with van der Waals surface area (Å²) >= 11 is 0. The smallest absolute Gasteiger partial charge is 0.255 e. The monoisotopic (exact) mass is 464 g/mol. The minimum absolute atomic E-state index is 0.188. The Morgan fingerprint density at radius 2 is 1.42 bits per heavy atom. The molecule has 0 aliphatic heterocycles. The van der Waals surface area contributed by atoms with Gasteiger partial charge in [-0.2, -0.15) is 0 Å². The number of aryl methyl sites for hydroxylation is 3. The number of hydrogen-bond acceptors (Lipinski definition) is 3. The summed E-state index contributed by atoms with van der Waals surface area (Å²) in [5.41, 5.74) is 6.78. The Labute approximate surface area is 197 Å². The molecule has 0 unspecified atom stereocenters. The Morgan fingerprint density at radius 3 is 1.97 bits per heavy atom. The number of sulfonamides is 1. The fraction of sp³-hybridized carbons (Fsp3) is 0.296. The Kier molecular flexibility index (Phi) is 7.28. The minimum Gasteiger partial charge on any atom is -0.321 e. The first-order valence-electron chi connectivity index (χ1n) is 11.0. The normalized spacial score (nSPS) is 11.5. The molecule has 3 aromatic carbocycles. The predicted octanol–water partition coefficient (Wildman–Crippen LogP) is 5.95. The second kappa shape index (κ2) is 9.79. The van der Waals surface area contributed by atoms with Crippen LogP contribution in [-0.4, -0.2) is 20.6 Å². The molecule has 0 aliphatic carbocycles. The van der Waals surface area contributed by atoms with Crippen LogP contribution in [-0.2, 0) is 16.6 Å². The number of benzene rings is 3. The van der Waals surface area contributed by atoms with Crippen LogP contribution >= 0.6 is 0 Å². The van der Waals surface area contributed by atoms with Gasteiger partial charge in [0.2, 0.25) is 10.0 Å². The van der Waals surface area contributed by atoms with E-state index < -0.39 is 10.0 Å². The average Bonchev–Trinajstić information content (AvgIpc) is 2.73. The maximum atomic E-state index is 12.9. The molecule has 0 atom stereocenters. The van der Waals surface area contributed by atoms with Gasteiger partial charge in [-0.1, -0.05) is 62.4 Å². The summed E-state index contributed by atoms with van der Waals surface area (Å²) in [6.45, 7) is 10.2. The van der Waals surface area contributed by atoms with E-state index in [4.69, 9.17) is 0 Å². The fourth-order valence-electron chi connectivity index (χ4n) is 4.02. The summed E-state index contributed by atoms with van der Waals surface area (Å²) in [5.74, 6) is 0.0990. The number of hydrogen-bond donors (Lipinski definition) is 1. The van der Waals surface area contributed by atoms with Crippen molar-refractivity contribution in [3.8, 4) is 0 Å². The molecule has 0 bridgehead atoms. The van der Waals surface area contributed by atoms with Crippen molar-refractivity contribution in [1.29, 1.82) is 0 Å². The van der Waals surface area contributed by atoms with Gasteiger partial charge < -0.3 is 5.32 Å². The summed E-state index contributed by atoms with van der Waals surface area (Å²) in [6, 6.07) is 18.8. The molecule has 0 saturated carbocycles. The van der Waals surface area contributed by atoms with Crippen molar-refractivity contribution in [2.45, 2.75) is 47.1 Å². The highest BCUT2D eigenvalue weighted by Crippen LogP contribution is 2.29. The number of nitrogens with zero attached hydrogens (tertiary/aromatic N) is 1. The molecule has 0 fully saturated rings. The molecule has 3 rings (SSSR count). The molecule has 5 nitrogen and oxygen atoms in total. The highest BCUT2D eigenvalue weighted by Gasteiger charge is 2.21. The van der Waals surface area contributed by atoms with Crippen LogP contribution in [0.4, 0.5) is 11.4 Å². The third-order valence-electron chi connectivity index (χ3n) is 5.80. The summed E-state index contributed by atoms with van der Waals surface area (Å²) < 4.78 is 26.6. The van der Waals surface area contributed by atoms with Crippen molar-refractivity contribution < 1.29 is 13.2 Å². The predicted molar refractivity (Wildman–Crippen MR) is 137 cm³/mol. The highest BCUT2D eigenvalue weighted by atomic mass is 32.2. The summed E-state index contributed by atoms with van der Waals surface area (Å²) in [7, 11) is -3.49. The molecule has 6 heteroatoms. The van der Waals surface area contributed by atoms with Gasteiger partial charge in [0, 0.05) is 11.3 Å². The third-order valence-corrected chi connectivity index (χ3v) is 6.91. The zero-order chi connectivity index (χ0) is 24.3. The van der Waals surface area contributed by atoms with Gasteiger partial charge >= 0.3 is 0 Å². The van der Waals surface area contributed by atoms with E-state index in [1.165, 1.54) is 10.6 Å². The van der Waals surface area contributed by atoms with Crippen LogP contribution in [0.2, 0.25) is 0 Å². The maximum Gasteiger partial charge on any atom is 0.255 e. The molecule has 1 amide bonds. The van der Waals surface area contributed by atoms with Gasteiger partial charge in [0.05, 0.1) is 18.5 Å². The molecule has 0 heterocycles. The lowest BCUT2D eigenvalue weighted by Crippen LogP contribution is -2.30. The van der Waals surface area contributed by atoms with Gasteiger partial charge in [0.25, 0.3) is 5.91 Å². The van der Waals surface area contributed by atoms with E-state index in [9.17, 15) is 13.2 Å². The lowest BCUT2D eigenvalue weighted by molar-refractivity contribution is 0.102. The van der Waals surface area contributed by atoms with E-state index in [0.29, 0.717) is 11.3 Å². The average molecular weight is 465 g/mol. The Hall–Kier alpha value is -3.12. The van der Waals surface area contributed by atoms with E-state index in [0.717, 1.165) is 33.5 Å². The number of carbonyl (C=O) groups is 1. The van der Waals surface area contributed by atoms with Crippen molar-refractivity contribution in [1.82, 2.24) is 0 Å². The number of nitrogens with one attached hydrogen (secondary N) is 1. The standard InChI is InChI=1S/C27H32N2O3S/c1-18(2)24-12-8-9-19(3)25(24)28-27(30)23-15-13-22(14-16-23)17-29(33(6,31)32)26-20(4)10-7-11-21(26)5/h7-16,18H,17H2,1-6H3,(H,28,30). The third kappa shape index (κ3) is 5.63. The Morgan fingerprint density at radius 1 is 0.879 bits per heavy atom. The second-order valence-electron chi connectivity index (χ2n) is 8.85. The molecule has 0 radical (unpaired) electrons. The number of rotatable bonds is 7. The quantitative estimate of drug-likeness (QED) is 0.470. The molecular weight excluding hydrogens is 432 g/mol. The SMILES string of the molecule is Cc1cccc(C(C)C)c1NC(=O)c1ccc(CN(c2c(C)cccc2C)S(C)(=O)=O)cc1. The summed E-state index contributed by atoms with van der Waals surface area (Å²) in [6.07, 6.45) is 1.22. The first-order chi connectivity index (χ1) is 15.5. The summed E-state index contributed by atoms with van der Waals surface area (Å²) in [5, 5.41) is 3.06. The zero-order valence-corrected chi connectivity index (χ0v) is 21.0. The number of para-hydroxylation sites is 2. The molecule has 174 valence electrons. The molecule has 33 heavy (non-hydrogen) atoms. The van der Waals surface area contributed by atoms with Crippen LogP contribution < -0.4 is 9.62 Å². The van der Waals surface area contributed by atoms with E-state index in [1.54, 1.807) is 12.1 Å². The van der Waals surface area contributed by atoms with Crippen LogP contribution in [0.3, 0.4) is 0 Å². The molecule has 1 N–H and O–H groups in total. The van der Waals surface area contributed by atoms with Crippen molar-refractivity contribution in [3.05, 3.63) is 94.0 Å². The van der Waals surface area contributed by atoms with Gasteiger partial charge in [-0.3, -0.25) is 9.10 Å². The van der Waals surface area contributed by atoms with Gasteiger partial charge in [-0.05, 0) is 66.6 Å². The lowest BCUT2D eigenvalue weighted by atomic mass is 9.98. The van der Waals surface area contributed by atoms with Crippen molar-refractivity contribution in [2.75, 3.05) is 15.9 Å². The van der Waals surface area contributed by atoms with Crippen LogP contribution in [0.5, 0.6) is 0 Å². The van der Waals surface area contributed by atoms with Crippen LogP contribution in [0.25, 0.3) is 0 Å². The van der Waals surface area contributed by atoms with Crippen molar-refractivity contribution >= 4 is 27.3 Å². The highest BCUT2D eigenvalue weighted by molar-refractivity contribution is 7.92. The summed E-state index contributed by atoms with van der Waals surface area (Å²) in [4.78, 5) is 12.9. The largest absolute Gasteiger partial charge is 0.321 e. The van der Waals surface area contributed by atoms with Gasteiger partial charge in [-0.25, -0.2) is 8.42 Å². The number of carbonyl (C=O) groups excluding carboxylic acids is 1. The van der Waals surface area contributed by atoms with Crippen molar-refractivity contribution in [2.24, 2.45) is 0 Å². The second-order valence-corrected chi connectivity index (χ2v) is 10.8. The zero-order valence-electron chi connectivity index (χ0n) is 20.1. The van der Waals surface area contributed by atoms with Crippen LogP contribution in [0.1, 0.15) is 57.9 Å². The first-order valence-corrected chi connectivity index (χ1v) is 12.9. The van der Waals surface area contributed by atoms with Gasteiger partial charge in [0.1, 0.15) is 0 Å². The molecule has 0 spiro atoms. The first kappa shape index (κ1) is 24.5. The van der Waals surface area contributed by atoms with Gasteiger partial charge in [-0.15, -0.1) is 0 Å². The molecular formula is C27H32N2O3S. The molecule has 0 aromatic heterocycles. The Balaban J connectivity index is 1.85. The van der Waals surface area contributed by atoms with E-state index in [2.05, 4.69) is 19.2 Å². The topological polar surface area (TPSA) is 66.5 Å². The number of amides is 1. The molecule has 0 saturated heterocycles. The fourth-order valence-corrected chi connectivity index (χ4v) is 5.02. The van der Waals surface area contributed by atoms with E-state index in [1.807, 2.05) is 69.3 Å². The molecule has 3 aromatic rings. The number of anilines is 2. The Bertz CT molecular complexity index is 1240. The van der Waals surface area contributed by atoms with Crippen LogP contribution in [0, 0.1) is 20.8 Å². The van der Waals surface area contributed by atoms with Crippen molar-refractivity contribution in [3.63, 3.8) is 0 Å². The van der Waals surface area contributed by atoms with Crippen LogP contribution in [0.15, 0.2) is 60.7 Å². The van der Waals surface area contributed by atoms with Gasteiger partial charge in [0.15, 0.2) is 0 Å². The lowest BCUT2D eigenvalue weighted by Gasteiger charge is -2.26. The molecule has 0 aliphatic rings. The van der Waals surface area contributed by atoms with E-state index in [-0.39, 0.29) is 18.4 Å². The van der Waals surface area contributed by atoms with E-state index >= 15 is 0 Å². The maximum absolute atomic E-state index is 12.9. The minimum atomic E-state index is -3.49.